The number of β-lactam (4-membered cyclic amide) rings is 1. The molecule has 1 heterocycles. The standard InChI is InChI=1S/C11H17N3O7S/c1-11(2,3)21-13(6-15)9-7(4-5-8(12)16)14(10(9)17)22(18,19)20/h4-7,9H,1-3H3,(H2,12,16)(H,18,19,20)/t7-,9-/m1/s1. The second-order valence-corrected chi connectivity index (χ2v) is 6.77. The van der Waals surface area contributed by atoms with Crippen molar-refractivity contribution in [1.82, 2.24) is 9.37 Å². The molecule has 22 heavy (non-hydrogen) atoms. The summed E-state index contributed by atoms with van der Waals surface area (Å²) >= 11 is 0. The summed E-state index contributed by atoms with van der Waals surface area (Å²) < 4.78 is 31.5. The van der Waals surface area contributed by atoms with Crippen LogP contribution in [0, 0.1) is 0 Å². The topological polar surface area (TPSA) is 147 Å². The van der Waals surface area contributed by atoms with E-state index in [1.807, 2.05) is 0 Å². The molecule has 0 aromatic rings. The zero-order valence-corrected chi connectivity index (χ0v) is 13.0. The molecule has 1 fully saturated rings. The molecule has 3 amide bonds. The van der Waals surface area contributed by atoms with Crippen LogP contribution < -0.4 is 5.73 Å². The molecule has 0 aromatic heterocycles. The van der Waals surface area contributed by atoms with E-state index < -0.39 is 39.8 Å². The van der Waals surface area contributed by atoms with E-state index in [9.17, 15) is 22.8 Å². The van der Waals surface area contributed by atoms with E-state index in [0.717, 1.165) is 12.2 Å². The Morgan fingerprint density at radius 1 is 1.45 bits per heavy atom. The number of hydrogen-bond acceptors (Lipinski definition) is 6. The number of hydroxylamine groups is 2. The van der Waals surface area contributed by atoms with Gasteiger partial charge in [0.1, 0.15) is 6.04 Å². The normalized spacial score (nSPS) is 22.5. The van der Waals surface area contributed by atoms with Gasteiger partial charge in [0.2, 0.25) is 12.3 Å². The van der Waals surface area contributed by atoms with Crippen molar-refractivity contribution in [3.63, 3.8) is 0 Å². The highest BCUT2D eigenvalue weighted by Crippen LogP contribution is 2.30. The van der Waals surface area contributed by atoms with Crippen molar-refractivity contribution in [2.75, 3.05) is 0 Å². The van der Waals surface area contributed by atoms with Gasteiger partial charge in [-0.05, 0) is 20.8 Å². The first-order chi connectivity index (χ1) is 9.88. The summed E-state index contributed by atoms with van der Waals surface area (Å²) in [6.45, 7) is 4.84. The van der Waals surface area contributed by atoms with Crippen LogP contribution in [0.5, 0.6) is 0 Å². The third-order valence-corrected chi connectivity index (χ3v) is 3.45. The molecule has 3 N–H and O–H groups in total. The minimum absolute atomic E-state index is 0.125. The molecule has 0 bridgehead atoms. The number of carbonyl (C=O) groups is 3. The van der Waals surface area contributed by atoms with Crippen molar-refractivity contribution in [3.8, 4) is 0 Å². The van der Waals surface area contributed by atoms with Crippen LogP contribution in [0.25, 0.3) is 0 Å². The van der Waals surface area contributed by atoms with Gasteiger partial charge in [0, 0.05) is 6.08 Å². The maximum Gasteiger partial charge on any atom is 0.362 e. The lowest BCUT2D eigenvalue weighted by Crippen LogP contribution is -2.71. The van der Waals surface area contributed by atoms with Crippen LogP contribution >= 0.6 is 0 Å². The molecule has 10 nitrogen and oxygen atoms in total. The van der Waals surface area contributed by atoms with Crippen LogP contribution in [-0.4, -0.2) is 58.2 Å². The number of primary amides is 1. The Bertz CT molecular complexity index is 608. The Morgan fingerprint density at radius 2 is 2.00 bits per heavy atom. The SMILES string of the molecule is CC(C)(C)ON(C=O)[C@H]1C(=O)N(S(=O)(=O)O)[C@@H]1C=CC(N)=O. The molecule has 1 aliphatic heterocycles. The minimum atomic E-state index is -4.85. The van der Waals surface area contributed by atoms with E-state index in [1.54, 1.807) is 20.8 Å². The van der Waals surface area contributed by atoms with Crippen molar-refractivity contribution in [2.45, 2.75) is 38.5 Å². The second kappa shape index (κ2) is 6.02. The molecule has 2 atom stereocenters. The van der Waals surface area contributed by atoms with Crippen LogP contribution in [0.1, 0.15) is 20.8 Å². The number of hydrogen-bond donors (Lipinski definition) is 2. The van der Waals surface area contributed by atoms with Gasteiger partial charge >= 0.3 is 10.3 Å². The largest absolute Gasteiger partial charge is 0.366 e. The third kappa shape index (κ3) is 4.02. The highest BCUT2D eigenvalue weighted by Gasteiger charge is 2.56. The highest BCUT2D eigenvalue weighted by molar-refractivity contribution is 7.84. The van der Waals surface area contributed by atoms with Gasteiger partial charge in [-0.15, -0.1) is 0 Å². The fraction of sp³-hybridized carbons (Fsp3) is 0.545. The predicted octanol–water partition coefficient (Wildman–Crippen LogP) is -1.40. The number of rotatable bonds is 6. The van der Waals surface area contributed by atoms with Gasteiger partial charge in [0.25, 0.3) is 5.91 Å². The summed E-state index contributed by atoms with van der Waals surface area (Å²) in [5, 5.41) is 0.639. The van der Waals surface area contributed by atoms with Gasteiger partial charge < -0.3 is 5.73 Å². The van der Waals surface area contributed by atoms with E-state index >= 15 is 0 Å². The predicted molar refractivity (Wildman–Crippen MR) is 73.0 cm³/mol. The van der Waals surface area contributed by atoms with Crippen LogP contribution in [0.15, 0.2) is 12.2 Å². The first-order valence-electron chi connectivity index (χ1n) is 6.09. The first-order valence-corrected chi connectivity index (χ1v) is 7.49. The Morgan fingerprint density at radius 3 is 2.36 bits per heavy atom. The molecule has 0 unspecified atom stereocenters. The maximum absolute atomic E-state index is 11.9. The fourth-order valence-corrected chi connectivity index (χ4v) is 2.66. The minimum Gasteiger partial charge on any atom is -0.366 e. The van der Waals surface area contributed by atoms with Crippen LogP contribution in [-0.2, 0) is 29.5 Å². The van der Waals surface area contributed by atoms with Crippen molar-refractivity contribution in [3.05, 3.63) is 12.2 Å². The molecule has 0 saturated carbocycles. The smallest absolute Gasteiger partial charge is 0.362 e. The maximum atomic E-state index is 11.9. The summed E-state index contributed by atoms with van der Waals surface area (Å²) in [5.74, 6) is -1.96. The number of amides is 3. The Labute approximate surface area is 127 Å². The molecule has 1 aliphatic rings. The van der Waals surface area contributed by atoms with Crippen LogP contribution in [0.3, 0.4) is 0 Å². The van der Waals surface area contributed by atoms with Gasteiger partial charge in [-0.3, -0.25) is 23.8 Å². The summed E-state index contributed by atoms with van der Waals surface area (Å²) in [6.07, 6.45) is 2.02. The van der Waals surface area contributed by atoms with E-state index in [0.29, 0.717) is 5.06 Å². The van der Waals surface area contributed by atoms with Gasteiger partial charge in [-0.25, -0.2) is 9.37 Å². The monoisotopic (exact) mass is 335 g/mol. The van der Waals surface area contributed by atoms with Crippen molar-refractivity contribution in [1.29, 1.82) is 0 Å². The summed E-state index contributed by atoms with van der Waals surface area (Å²) in [7, 11) is -4.85. The molecule has 0 aliphatic carbocycles. The number of carbonyl (C=O) groups excluding carboxylic acids is 3. The Balaban J connectivity index is 3.13. The summed E-state index contributed by atoms with van der Waals surface area (Å²) in [4.78, 5) is 39.0. The lowest BCUT2D eigenvalue weighted by atomic mass is 9.98. The zero-order chi connectivity index (χ0) is 17.3. The van der Waals surface area contributed by atoms with E-state index in [4.69, 9.17) is 15.1 Å². The second-order valence-electron chi connectivity index (χ2n) is 5.48. The van der Waals surface area contributed by atoms with E-state index in [-0.39, 0.29) is 10.7 Å². The molecule has 124 valence electrons. The number of nitrogens with zero attached hydrogens (tertiary/aromatic N) is 2. The molecule has 1 rings (SSSR count). The van der Waals surface area contributed by atoms with Crippen LogP contribution in [0.2, 0.25) is 0 Å². The molecular weight excluding hydrogens is 318 g/mol. The fourth-order valence-electron chi connectivity index (χ4n) is 1.83. The average Bonchev–Trinajstić information content (AvgIpc) is 2.29. The summed E-state index contributed by atoms with van der Waals surface area (Å²) in [6, 6.07) is -2.64. The zero-order valence-electron chi connectivity index (χ0n) is 12.2. The number of nitrogens with two attached hydrogens (primary N) is 1. The van der Waals surface area contributed by atoms with Gasteiger partial charge in [-0.1, -0.05) is 6.08 Å². The lowest BCUT2D eigenvalue weighted by molar-refractivity contribution is -0.244. The van der Waals surface area contributed by atoms with E-state index in [1.165, 1.54) is 0 Å². The molecule has 11 heteroatoms. The molecule has 0 spiro atoms. The van der Waals surface area contributed by atoms with Crippen molar-refractivity contribution < 1.29 is 32.2 Å². The third-order valence-electron chi connectivity index (χ3n) is 2.53. The van der Waals surface area contributed by atoms with Gasteiger partial charge in [-0.2, -0.15) is 8.42 Å². The van der Waals surface area contributed by atoms with Crippen LogP contribution in [0.4, 0.5) is 0 Å². The molecule has 0 aromatic carbocycles. The average molecular weight is 335 g/mol. The molecule has 1 saturated heterocycles. The lowest BCUT2D eigenvalue weighted by Gasteiger charge is -2.46. The van der Waals surface area contributed by atoms with Gasteiger partial charge in [0.05, 0.1) is 5.60 Å². The van der Waals surface area contributed by atoms with Crippen molar-refractivity contribution >= 4 is 28.5 Å². The Hall–Kier alpha value is -1.98. The van der Waals surface area contributed by atoms with Crippen molar-refractivity contribution in [2.24, 2.45) is 5.73 Å². The highest BCUT2D eigenvalue weighted by atomic mass is 32.2. The quantitative estimate of drug-likeness (QED) is 0.199. The van der Waals surface area contributed by atoms with Gasteiger partial charge in [0.15, 0.2) is 6.04 Å². The Kier molecular flexibility index (Phi) is 4.95. The van der Waals surface area contributed by atoms with E-state index in [2.05, 4.69) is 0 Å². The molecular formula is C11H17N3O7S. The molecule has 0 radical (unpaired) electrons. The summed E-state index contributed by atoms with van der Waals surface area (Å²) in [5.41, 5.74) is 4.07. The first kappa shape index (κ1) is 18.1.